The van der Waals surface area contributed by atoms with Crippen molar-refractivity contribution in [2.24, 2.45) is 0 Å². The second kappa shape index (κ2) is 4.42. The van der Waals surface area contributed by atoms with Crippen LogP contribution in [0, 0.1) is 0 Å². The lowest BCUT2D eigenvalue weighted by molar-refractivity contribution is 0.168. The molecule has 0 bridgehead atoms. The molecule has 3 N–H and O–H groups in total. The smallest absolute Gasteiger partial charge is 0.0931 e. The van der Waals surface area contributed by atoms with Crippen LogP contribution in [0.5, 0.6) is 0 Å². The lowest BCUT2D eigenvalue weighted by Gasteiger charge is -2.10. The van der Waals surface area contributed by atoms with E-state index in [0.717, 1.165) is 29.6 Å². The van der Waals surface area contributed by atoms with Crippen molar-refractivity contribution in [3.05, 3.63) is 30.1 Å². The second-order valence-corrected chi connectivity index (χ2v) is 3.59. The van der Waals surface area contributed by atoms with Crippen LogP contribution in [0.4, 0.5) is 0 Å². The molecule has 15 heavy (non-hydrogen) atoms. The summed E-state index contributed by atoms with van der Waals surface area (Å²) < 4.78 is 0. The SMILES string of the molecule is CNCCC(O)c1ccc2nc[nH]c2c1. The number of nitrogens with one attached hydrogen (secondary N) is 2. The predicted octanol–water partition coefficient (Wildman–Crippen LogP) is 1.21. The number of hydrogen-bond acceptors (Lipinski definition) is 3. The number of aliphatic hydroxyl groups excluding tert-OH is 1. The average molecular weight is 205 g/mol. The molecule has 1 atom stereocenters. The molecule has 1 aromatic carbocycles. The first-order chi connectivity index (χ1) is 7.31. The molecule has 0 spiro atoms. The van der Waals surface area contributed by atoms with Gasteiger partial charge in [-0.05, 0) is 37.7 Å². The molecule has 2 aromatic rings. The minimum absolute atomic E-state index is 0.412. The van der Waals surface area contributed by atoms with Crippen LogP contribution in [0.2, 0.25) is 0 Å². The fourth-order valence-electron chi connectivity index (χ4n) is 1.61. The van der Waals surface area contributed by atoms with Crippen molar-refractivity contribution in [3.8, 4) is 0 Å². The summed E-state index contributed by atoms with van der Waals surface area (Å²) >= 11 is 0. The van der Waals surface area contributed by atoms with Gasteiger partial charge in [0, 0.05) is 0 Å². The third kappa shape index (κ3) is 2.16. The Bertz CT molecular complexity index is 438. The molecule has 2 rings (SSSR count). The third-order valence-corrected chi connectivity index (χ3v) is 2.50. The molecule has 0 amide bonds. The number of aromatic nitrogens is 2. The highest BCUT2D eigenvalue weighted by atomic mass is 16.3. The fourth-order valence-corrected chi connectivity index (χ4v) is 1.61. The van der Waals surface area contributed by atoms with Crippen LogP contribution in [0.25, 0.3) is 11.0 Å². The van der Waals surface area contributed by atoms with E-state index < -0.39 is 6.10 Å². The van der Waals surface area contributed by atoms with Crippen molar-refractivity contribution in [1.29, 1.82) is 0 Å². The van der Waals surface area contributed by atoms with Crippen molar-refractivity contribution in [1.82, 2.24) is 15.3 Å². The first kappa shape index (κ1) is 10.1. The average Bonchev–Trinajstić information content (AvgIpc) is 2.72. The minimum atomic E-state index is -0.412. The maximum Gasteiger partial charge on any atom is 0.0931 e. The molecular formula is C11H15N3O. The first-order valence-corrected chi connectivity index (χ1v) is 5.07. The highest BCUT2D eigenvalue weighted by Crippen LogP contribution is 2.19. The highest BCUT2D eigenvalue weighted by molar-refractivity contribution is 5.75. The Kier molecular flexibility index (Phi) is 2.99. The lowest BCUT2D eigenvalue weighted by Crippen LogP contribution is -2.11. The third-order valence-electron chi connectivity index (χ3n) is 2.50. The summed E-state index contributed by atoms with van der Waals surface area (Å²) in [6, 6.07) is 5.79. The van der Waals surface area contributed by atoms with Gasteiger partial charge < -0.3 is 15.4 Å². The summed E-state index contributed by atoms with van der Waals surface area (Å²) in [5, 5.41) is 12.9. The fraction of sp³-hybridized carbons (Fsp3) is 0.364. The van der Waals surface area contributed by atoms with E-state index >= 15 is 0 Å². The van der Waals surface area contributed by atoms with Gasteiger partial charge in [-0.3, -0.25) is 0 Å². The number of aromatic amines is 1. The zero-order valence-electron chi connectivity index (χ0n) is 8.70. The van der Waals surface area contributed by atoms with E-state index in [9.17, 15) is 5.11 Å². The van der Waals surface area contributed by atoms with E-state index in [1.54, 1.807) is 6.33 Å². The zero-order chi connectivity index (χ0) is 10.7. The van der Waals surface area contributed by atoms with Gasteiger partial charge in [0.1, 0.15) is 0 Å². The Morgan fingerprint density at radius 1 is 1.53 bits per heavy atom. The van der Waals surface area contributed by atoms with Crippen LogP contribution in [-0.4, -0.2) is 28.7 Å². The lowest BCUT2D eigenvalue weighted by atomic mass is 10.1. The van der Waals surface area contributed by atoms with Crippen LogP contribution in [-0.2, 0) is 0 Å². The molecule has 1 aromatic heterocycles. The van der Waals surface area contributed by atoms with Crippen molar-refractivity contribution < 1.29 is 5.11 Å². The predicted molar refractivity (Wildman–Crippen MR) is 59.6 cm³/mol. The molecule has 0 saturated heterocycles. The zero-order valence-corrected chi connectivity index (χ0v) is 8.70. The number of fused-ring (bicyclic) bond motifs is 1. The Morgan fingerprint density at radius 2 is 2.40 bits per heavy atom. The summed E-state index contributed by atoms with van der Waals surface area (Å²) in [4.78, 5) is 7.16. The number of benzene rings is 1. The number of rotatable bonds is 4. The topological polar surface area (TPSA) is 60.9 Å². The standard InChI is InChI=1S/C11H15N3O/c1-12-5-4-11(15)8-2-3-9-10(6-8)14-7-13-9/h2-3,6-7,11-12,15H,4-5H2,1H3,(H,13,14). The Hall–Kier alpha value is -1.39. The Morgan fingerprint density at radius 3 is 3.20 bits per heavy atom. The largest absolute Gasteiger partial charge is 0.388 e. The Labute approximate surface area is 88.3 Å². The first-order valence-electron chi connectivity index (χ1n) is 5.07. The number of hydrogen-bond donors (Lipinski definition) is 3. The van der Waals surface area contributed by atoms with Crippen LogP contribution in [0.15, 0.2) is 24.5 Å². The summed E-state index contributed by atoms with van der Waals surface area (Å²) in [6.45, 7) is 0.808. The van der Waals surface area contributed by atoms with Gasteiger partial charge in [-0.1, -0.05) is 6.07 Å². The van der Waals surface area contributed by atoms with Crippen LogP contribution >= 0.6 is 0 Å². The van der Waals surface area contributed by atoms with Crippen molar-refractivity contribution in [2.45, 2.75) is 12.5 Å². The molecule has 0 saturated carbocycles. The molecule has 1 heterocycles. The molecule has 0 aliphatic rings. The van der Waals surface area contributed by atoms with Gasteiger partial charge in [-0.25, -0.2) is 4.98 Å². The van der Waals surface area contributed by atoms with Gasteiger partial charge in [0.25, 0.3) is 0 Å². The van der Waals surface area contributed by atoms with Crippen LogP contribution < -0.4 is 5.32 Å². The van der Waals surface area contributed by atoms with Gasteiger partial charge in [0.05, 0.1) is 23.5 Å². The molecule has 0 fully saturated rings. The number of aliphatic hydroxyl groups is 1. The van der Waals surface area contributed by atoms with E-state index in [-0.39, 0.29) is 0 Å². The Balaban J connectivity index is 2.19. The normalized spacial score (nSPS) is 13.2. The van der Waals surface area contributed by atoms with E-state index in [1.807, 2.05) is 25.2 Å². The van der Waals surface area contributed by atoms with Gasteiger partial charge in [0.15, 0.2) is 0 Å². The summed E-state index contributed by atoms with van der Waals surface area (Å²) in [5.41, 5.74) is 2.83. The minimum Gasteiger partial charge on any atom is -0.388 e. The maximum absolute atomic E-state index is 9.87. The molecule has 0 aliphatic heterocycles. The van der Waals surface area contributed by atoms with E-state index in [0.29, 0.717) is 0 Å². The molecule has 4 nitrogen and oxygen atoms in total. The molecular weight excluding hydrogens is 190 g/mol. The molecule has 80 valence electrons. The number of imidazole rings is 1. The summed E-state index contributed by atoms with van der Waals surface area (Å²) in [7, 11) is 1.88. The van der Waals surface area contributed by atoms with Gasteiger partial charge in [-0.15, -0.1) is 0 Å². The highest BCUT2D eigenvalue weighted by Gasteiger charge is 2.07. The molecule has 1 unspecified atom stereocenters. The van der Waals surface area contributed by atoms with E-state index in [1.165, 1.54) is 0 Å². The van der Waals surface area contributed by atoms with Crippen LogP contribution in [0.1, 0.15) is 18.1 Å². The monoisotopic (exact) mass is 205 g/mol. The molecule has 4 heteroatoms. The number of H-pyrrole nitrogens is 1. The van der Waals surface area contributed by atoms with Crippen LogP contribution in [0.3, 0.4) is 0 Å². The molecule has 0 radical (unpaired) electrons. The summed E-state index contributed by atoms with van der Waals surface area (Å²) in [6.07, 6.45) is 1.97. The van der Waals surface area contributed by atoms with Gasteiger partial charge in [0.2, 0.25) is 0 Å². The summed E-state index contributed by atoms with van der Waals surface area (Å²) in [5.74, 6) is 0. The number of nitrogens with zero attached hydrogens (tertiary/aromatic N) is 1. The maximum atomic E-state index is 9.87. The van der Waals surface area contributed by atoms with Crippen molar-refractivity contribution >= 4 is 11.0 Å². The molecule has 0 aliphatic carbocycles. The van der Waals surface area contributed by atoms with Gasteiger partial charge >= 0.3 is 0 Å². The van der Waals surface area contributed by atoms with Crippen molar-refractivity contribution in [2.75, 3.05) is 13.6 Å². The van der Waals surface area contributed by atoms with Crippen molar-refractivity contribution in [3.63, 3.8) is 0 Å². The van der Waals surface area contributed by atoms with E-state index in [2.05, 4.69) is 15.3 Å². The second-order valence-electron chi connectivity index (χ2n) is 3.59. The quantitative estimate of drug-likeness (QED) is 0.703. The van der Waals surface area contributed by atoms with E-state index in [4.69, 9.17) is 0 Å². The van der Waals surface area contributed by atoms with Gasteiger partial charge in [-0.2, -0.15) is 0 Å².